The molecule has 0 saturated heterocycles. The Morgan fingerprint density at radius 3 is 1.66 bits per heavy atom. The van der Waals surface area contributed by atoms with Gasteiger partial charge in [0.2, 0.25) is 0 Å². The maximum Gasteiger partial charge on any atom is 0.331 e. The number of pyridine rings is 1. The largest absolute Gasteiger partial charge is 0.468 e. The number of hydrogen-bond acceptors (Lipinski definition) is 8. The quantitative estimate of drug-likeness (QED) is 0.203. The molecule has 0 unspecified atom stereocenters. The number of aromatic nitrogens is 1. The monoisotopic (exact) mass is 474 g/mol. The summed E-state index contributed by atoms with van der Waals surface area (Å²) >= 11 is 0. The number of esters is 3. The number of nitrogens with zero attached hydrogens (tertiary/aromatic N) is 2. The number of rotatable bonds is 9. The first kappa shape index (κ1) is 25.3. The topological polar surface area (TPSA) is 104 Å². The van der Waals surface area contributed by atoms with Gasteiger partial charge in [0.05, 0.1) is 27.0 Å². The van der Waals surface area contributed by atoms with Crippen LogP contribution in [0.3, 0.4) is 0 Å². The van der Waals surface area contributed by atoms with Crippen molar-refractivity contribution in [2.45, 2.75) is 12.0 Å². The van der Waals surface area contributed by atoms with Gasteiger partial charge >= 0.3 is 17.9 Å². The predicted octanol–water partition coefficient (Wildman–Crippen LogP) is 3.21. The second-order valence-electron chi connectivity index (χ2n) is 7.51. The molecular formula is C27H26N2O6. The summed E-state index contributed by atoms with van der Waals surface area (Å²) in [7, 11) is 3.55. The first-order valence-corrected chi connectivity index (χ1v) is 10.8. The molecule has 2 aromatic carbocycles. The van der Waals surface area contributed by atoms with Crippen LogP contribution in [-0.2, 0) is 28.6 Å². The van der Waals surface area contributed by atoms with E-state index >= 15 is 0 Å². The lowest BCUT2D eigenvalue weighted by Crippen LogP contribution is -2.41. The fraction of sp³-hybridized carbons (Fsp3) is 0.222. The normalized spacial score (nSPS) is 12.2. The zero-order chi connectivity index (χ0) is 25.2. The molecule has 3 rings (SSSR count). The van der Waals surface area contributed by atoms with Crippen molar-refractivity contribution in [3.8, 4) is 0 Å². The summed E-state index contributed by atoms with van der Waals surface area (Å²) in [4.78, 5) is 47.8. The van der Waals surface area contributed by atoms with E-state index in [9.17, 15) is 14.4 Å². The molecule has 8 heteroatoms. The molecule has 180 valence electrons. The first-order chi connectivity index (χ1) is 17.0. The average molecular weight is 475 g/mol. The van der Waals surface area contributed by atoms with Gasteiger partial charge in [0.15, 0.2) is 12.0 Å². The minimum atomic E-state index is -1.49. The van der Waals surface area contributed by atoms with E-state index < -0.39 is 35.8 Å². The molecule has 35 heavy (non-hydrogen) atoms. The second-order valence-corrected chi connectivity index (χ2v) is 7.51. The van der Waals surface area contributed by atoms with E-state index in [4.69, 9.17) is 19.2 Å². The SMILES string of the molecule is COC(=O)C(C(=O)OC)[C@@H](c1cccnc1)[C@@H](N=C(c1ccccc1)c1ccccc1)C(=O)OC. The van der Waals surface area contributed by atoms with Gasteiger partial charge in [0.25, 0.3) is 0 Å². The third kappa shape index (κ3) is 5.97. The number of carbonyl (C=O) groups excluding carboxylic acids is 3. The van der Waals surface area contributed by atoms with E-state index in [1.54, 1.807) is 18.3 Å². The fourth-order valence-corrected chi connectivity index (χ4v) is 3.82. The van der Waals surface area contributed by atoms with Gasteiger partial charge in [-0.3, -0.25) is 19.6 Å². The van der Waals surface area contributed by atoms with Crippen LogP contribution in [0.4, 0.5) is 0 Å². The van der Waals surface area contributed by atoms with Crippen LogP contribution in [0.15, 0.2) is 90.2 Å². The van der Waals surface area contributed by atoms with Crippen LogP contribution in [0.25, 0.3) is 0 Å². The Hall–Kier alpha value is -4.33. The second kappa shape index (κ2) is 12.2. The van der Waals surface area contributed by atoms with Crippen LogP contribution in [0.1, 0.15) is 22.6 Å². The summed E-state index contributed by atoms with van der Waals surface area (Å²) in [6.45, 7) is 0. The summed E-state index contributed by atoms with van der Waals surface area (Å²) < 4.78 is 14.9. The average Bonchev–Trinajstić information content (AvgIpc) is 2.93. The molecule has 3 aromatic rings. The van der Waals surface area contributed by atoms with Gasteiger partial charge < -0.3 is 14.2 Å². The number of hydrogen-bond donors (Lipinski definition) is 0. The third-order valence-corrected chi connectivity index (χ3v) is 5.48. The highest BCUT2D eigenvalue weighted by Gasteiger charge is 2.46. The maximum atomic E-state index is 13.2. The Labute approximate surface area is 203 Å². The Morgan fingerprint density at radius 1 is 0.714 bits per heavy atom. The van der Waals surface area contributed by atoms with Crippen molar-refractivity contribution in [1.29, 1.82) is 0 Å². The molecule has 0 radical (unpaired) electrons. The number of aliphatic imine (C=N–C) groups is 1. The number of carbonyl (C=O) groups is 3. The third-order valence-electron chi connectivity index (χ3n) is 5.48. The van der Waals surface area contributed by atoms with Crippen molar-refractivity contribution in [1.82, 2.24) is 4.98 Å². The van der Waals surface area contributed by atoms with Crippen molar-refractivity contribution in [3.05, 3.63) is 102 Å². The summed E-state index contributed by atoms with van der Waals surface area (Å²) in [6, 6.07) is 20.6. The lowest BCUT2D eigenvalue weighted by atomic mass is 9.80. The van der Waals surface area contributed by atoms with Crippen LogP contribution in [-0.4, -0.2) is 56.0 Å². The van der Waals surface area contributed by atoms with Gasteiger partial charge in [-0.2, -0.15) is 0 Å². The van der Waals surface area contributed by atoms with Gasteiger partial charge in [0, 0.05) is 29.4 Å². The predicted molar refractivity (Wildman–Crippen MR) is 129 cm³/mol. The molecule has 0 saturated carbocycles. The molecule has 0 spiro atoms. The molecular weight excluding hydrogens is 448 g/mol. The fourth-order valence-electron chi connectivity index (χ4n) is 3.82. The minimum Gasteiger partial charge on any atom is -0.468 e. The highest BCUT2D eigenvalue weighted by atomic mass is 16.5. The molecule has 0 amide bonds. The van der Waals surface area contributed by atoms with Gasteiger partial charge in [-0.25, -0.2) is 4.79 Å². The van der Waals surface area contributed by atoms with Gasteiger partial charge in [-0.15, -0.1) is 0 Å². The Bertz CT molecular complexity index is 1110. The van der Waals surface area contributed by atoms with Crippen molar-refractivity contribution in [2.24, 2.45) is 10.9 Å². The van der Waals surface area contributed by atoms with E-state index in [0.29, 0.717) is 11.3 Å². The van der Waals surface area contributed by atoms with Crippen LogP contribution >= 0.6 is 0 Å². The molecule has 0 aliphatic carbocycles. The van der Waals surface area contributed by atoms with Gasteiger partial charge in [0.1, 0.15) is 0 Å². The van der Waals surface area contributed by atoms with E-state index in [2.05, 4.69) is 4.98 Å². The van der Waals surface area contributed by atoms with E-state index in [1.807, 2.05) is 60.7 Å². The maximum absolute atomic E-state index is 13.2. The van der Waals surface area contributed by atoms with Gasteiger partial charge in [-0.1, -0.05) is 66.7 Å². The summed E-state index contributed by atoms with van der Waals surface area (Å²) in [5.74, 6) is -5.07. The molecule has 0 bridgehead atoms. The van der Waals surface area contributed by atoms with Crippen LogP contribution < -0.4 is 0 Å². The lowest BCUT2D eigenvalue weighted by Gasteiger charge is -2.28. The van der Waals surface area contributed by atoms with E-state index in [0.717, 1.165) is 25.3 Å². The zero-order valence-corrected chi connectivity index (χ0v) is 19.7. The smallest absolute Gasteiger partial charge is 0.331 e. The summed E-state index contributed by atoms with van der Waals surface area (Å²) in [5.41, 5.74) is 2.40. The molecule has 0 fully saturated rings. The van der Waals surface area contributed by atoms with Crippen molar-refractivity contribution in [2.75, 3.05) is 21.3 Å². The summed E-state index contributed by atoms with van der Waals surface area (Å²) in [6.07, 6.45) is 3.02. The Balaban J connectivity index is 2.30. The standard InChI is InChI=1S/C27H26N2O6/c1-33-25(30)22(26(31)34-2)21(20-15-10-16-28-17-20)24(27(32)35-3)29-23(18-11-6-4-7-12-18)19-13-8-5-9-14-19/h4-17,21-22,24H,1-3H3/t21-,24-/m1/s1. The van der Waals surface area contributed by atoms with Crippen LogP contribution in [0, 0.1) is 5.92 Å². The molecule has 0 aliphatic rings. The molecule has 2 atom stereocenters. The highest BCUT2D eigenvalue weighted by Crippen LogP contribution is 2.33. The molecule has 1 heterocycles. The number of benzene rings is 2. The molecule has 8 nitrogen and oxygen atoms in total. The minimum absolute atomic E-state index is 0.424. The van der Waals surface area contributed by atoms with E-state index in [-0.39, 0.29) is 0 Å². The molecule has 0 N–H and O–H groups in total. The van der Waals surface area contributed by atoms with Crippen molar-refractivity contribution < 1.29 is 28.6 Å². The Morgan fingerprint density at radius 2 is 1.23 bits per heavy atom. The van der Waals surface area contributed by atoms with E-state index in [1.165, 1.54) is 13.3 Å². The van der Waals surface area contributed by atoms with Crippen molar-refractivity contribution >= 4 is 23.6 Å². The highest BCUT2D eigenvalue weighted by molar-refractivity contribution is 6.13. The molecule has 1 aromatic heterocycles. The van der Waals surface area contributed by atoms with Crippen molar-refractivity contribution in [3.63, 3.8) is 0 Å². The van der Waals surface area contributed by atoms with Crippen LogP contribution in [0.2, 0.25) is 0 Å². The van der Waals surface area contributed by atoms with Crippen LogP contribution in [0.5, 0.6) is 0 Å². The zero-order valence-electron chi connectivity index (χ0n) is 19.7. The molecule has 0 aliphatic heterocycles. The number of methoxy groups -OCH3 is 3. The first-order valence-electron chi connectivity index (χ1n) is 10.8. The Kier molecular flexibility index (Phi) is 8.83. The van der Waals surface area contributed by atoms with Gasteiger partial charge in [-0.05, 0) is 11.6 Å². The summed E-state index contributed by atoms with van der Waals surface area (Å²) in [5, 5.41) is 0. The lowest BCUT2D eigenvalue weighted by molar-refractivity contribution is -0.161. The number of ether oxygens (including phenoxy) is 3.